The summed E-state index contributed by atoms with van der Waals surface area (Å²) < 4.78 is 5.05. The molecule has 0 spiro atoms. The molecule has 3 nitrogen and oxygen atoms in total. The maximum atomic E-state index is 11.7. The molecule has 0 radical (unpaired) electrons. The maximum Gasteiger partial charge on any atom is 0.342 e. The van der Waals surface area contributed by atoms with Gasteiger partial charge in [0.25, 0.3) is 0 Å². The highest BCUT2D eigenvalue weighted by molar-refractivity contribution is 5.92. The van der Waals surface area contributed by atoms with E-state index in [-0.39, 0.29) is 17.4 Å². The predicted molar refractivity (Wildman–Crippen MR) is 62.7 cm³/mol. The molecule has 0 saturated heterocycles. The van der Waals surface area contributed by atoms with Gasteiger partial charge < -0.3 is 9.84 Å². The molecule has 1 aromatic carbocycles. The van der Waals surface area contributed by atoms with Crippen LogP contribution >= 0.6 is 0 Å². The number of para-hydroxylation sites is 1. The van der Waals surface area contributed by atoms with Crippen molar-refractivity contribution in [1.29, 1.82) is 0 Å². The fraction of sp³-hybridized carbons (Fsp3) is 0.462. The standard InChI is InChI=1S/C13H18O3/c1-4-6-10-7-5-8-11(12(10)14)13(15)16-9(2)3/h5,7-9,14H,4,6H2,1-3H3. The average molecular weight is 222 g/mol. The van der Waals surface area contributed by atoms with Crippen LogP contribution in [0, 0.1) is 0 Å². The number of hydrogen-bond donors (Lipinski definition) is 1. The third kappa shape index (κ3) is 2.99. The van der Waals surface area contributed by atoms with Crippen molar-refractivity contribution >= 4 is 5.97 Å². The summed E-state index contributed by atoms with van der Waals surface area (Å²) in [4.78, 5) is 11.7. The lowest BCUT2D eigenvalue weighted by Crippen LogP contribution is -2.12. The Kier molecular flexibility index (Phi) is 4.35. The number of esters is 1. The number of benzene rings is 1. The van der Waals surface area contributed by atoms with Gasteiger partial charge >= 0.3 is 5.97 Å². The number of carbonyl (C=O) groups excluding carboxylic acids is 1. The second-order valence-corrected chi connectivity index (χ2v) is 4.02. The fourth-order valence-electron chi connectivity index (χ4n) is 1.50. The van der Waals surface area contributed by atoms with Crippen LogP contribution < -0.4 is 0 Å². The number of hydrogen-bond acceptors (Lipinski definition) is 3. The van der Waals surface area contributed by atoms with Crippen LogP contribution in [0.5, 0.6) is 5.75 Å². The minimum Gasteiger partial charge on any atom is -0.507 e. The van der Waals surface area contributed by atoms with E-state index in [1.807, 2.05) is 13.0 Å². The second kappa shape index (κ2) is 5.54. The maximum absolute atomic E-state index is 11.7. The van der Waals surface area contributed by atoms with E-state index in [0.717, 1.165) is 18.4 Å². The van der Waals surface area contributed by atoms with Crippen molar-refractivity contribution < 1.29 is 14.6 Å². The Morgan fingerprint density at radius 3 is 2.69 bits per heavy atom. The summed E-state index contributed by atoms with van der Waals surface area (Å²) in [6, 6.07) is 5.17. The Morgan fingerprint density at radius 1 is 1.44 bits per heavy atom. The first-order valence-corrected chi connectivity index (χ1v) is 5.58. The molecule has 0 saturated carbocycles. The van der Waals surface area contributed by atoms with Crippen molar-refractivity contribution in [1.82, 2.24) is 0 Å². The van der Waals surface area contributed by atoms with Gasteiger partial charge in [0, 0.05) is 0 Å². The number of carbonyl (C=O) groups is 1. The molecule has 0 aliphatic carbocycles. The molecule has 1 rings (SSSR count). The first-order chi connectivity index (χ1) is 7.56. The topological polar surface area (TPSA) is 46.5 Å². The highest BCUT2D eigenvalue weighted by atomic mass is 16.5. The van der Waals surface area contributed by atoms with Gasteiger partial charge in [0.2, 0.25) is 0 Å². The summed E-state index contributed by atoms with van der Waals surface area (Å²) in [6.07, 6.45) is 1.51. The van der Waals surface area contributed by atoms with Crippen LogP contribution in [-0.4, -0.2) is 17.2 Å². The number of rotatable bonds is 4. The highest BCUT2D eigenvalue weighted by Gasteiger charge is 2.15. The van der Waals surface area contributed by atoms with E-state index >= 15 is 0 Å². The van der Waals surface area contributed by atoms with Crippen LogP contribution in [0.25, 0.3) is 0 Å². The molecule has 0 aliphatic heterocycles. The Morgan fingerprint density at radius 2 is 2.12 bits per heavy atom. The van der Waals surface area contributed by atoms with Gasteiger partial charge in [-0.1, -0.05) is 25.5 Å². The number of aromatic hydroxyl groups is 1. The van der Waals surface area contributed by atoms with E-state index in [1.54, 1.807) is 26.0 Å². The van der Waals surface area contributed by atoms with Gasteiger partial charge in [-0.25, -0.2) is 4.79 Å². The van der Waals surface area contributed by atoms with Crippen molar-refractivity contribution in [2.75, 3.05) is 0 Å². The summed E-state index contributed by atoms with van der Waals surface area (Å²) in [7, 11) is 0. The molecule has 0 bridgehead atoms. The zero-order chi connectivity index (χ0) is 12.1. The predicted octanol–water partition coefficient (Wildman–Crippen LogP) is 2.91. The van der Waals surface area contributed by atoms with Crippen LogP contribution in [0.1, 0.15) is 43.1 Å². The van der Waals surface area contributed by atoms with E-state index < -0.39 is 5.97 Å². The van der Waals surface area contributed by atoms with Crippen molar-refractivity contribution in [2.24, 2.45) is 0 Å². The quantitative estimate of drug-likeness (QED) is 0.797. The Labute approximate surface area is 96.1 Å². The lowest BCUT2D eigenvalue weighted by molar-refractivity contribution is 0.0374. The molecule has 0 unspecified atom stereocenters. The van der Waals surface area contributed by atoms with Crippen molar-refractivity contribution in [2.45, 2.75) is 39.7 Å². The molecule has 0 heterocycles. The average Bonchev–Trinajstić information content (AvgIpc) is 2.20. The molecular weight excluding hydrogens is 204 g/mol. The largest absolute Gasteiger partial charge is 0.507 e. The van der Waals surface area contributed by atoms with Crippen LogP contribution in [0.2, 0.25) is 0 Å². The molecule has 0 atom stereocenters. The summed E-state index contributed by atoms with van der Waals surface area (Å²) in [5, 5.41) is 9.90. The molecule has 1 aromatic rings. The SMILES string of the molecule is CCCc1cccc(C(=O)OC(C)C)c1O. The highest BCUT2D eigenvalue weighted by Crippen LogP contribution is 2.24. The first kappa shape index (κ1) is 12.6. The van der Waals surface area contributed by atoms with E-state index in [9.17, 15) is 9.90 Å². The van der Waals surface area contributed by atoms with Crippen LogP contribution in [-0.2, 0) is 11.2 Å². The van der Waals surface area contributed by atoms with Crippen molar-refractivity contribution in [3.8, 4) is 5.75 Å². The molecule has 16 heavy (non-hydrogen) atoms. The van der Waals surface area contributed by atoms with Crippen LogP contribution in [0.15, 0.2) is 18.2 Å². The van der Waals surface area contributed by atoms with Crippen molar-refractivity contribution in [3.63, 3.8) is 0 Å². The molecule has 1 N–H and O–H groups in total. The van der Waals surface area contributed by atoms with Crippen LogP contribution in [0.3, 0.4) is 0 Å². The molecule has 0 fully saturated rings. The zero-order valence-corrected chi connectivity index (χ0v) is 9.99. The van der Waals surface area contributed by atoms with E-state index in [4.69, 9.17) is 4.74 Å². The summed E-state index contributed by atoms with van der Waals surface area (Å²) in [5.74, 6) is -0.416. The summed E-state index contributed by atoms with van der Waals surface area (Å²) in [6.45, 7) is 5.59. The Balaban J connectivity index is 2.96. The first-order valence-electron chi connectivity index (χ1n) is 5.58. The zero-order valence-electron chi connectivity index (χ0n) is 9.99. The van der Waals surface area contributed by atoms with Gasteiger partial charge in [0.05, 0.1) is 6.10 Å². The van der Waals surface area contributed by atoms with E-state index in [1.165, 1.54) is 0 Å². The van der Waals surface area contributed by atoms with Gasteiger partial charge in [-0.3, -0.25) is 0 Å². The minimum absolute atomic E-state index is 0.0509. The second-order valence-electron chi connectivity index (χ2n) is 4.02. The molecule has 0 aliphatic rings. The van der Waals surface area contributed by atoms with E-state index in [2.05, 4.69) is 0 Å². The molecule has 0 aromatic heterocycles. The van der Waals surface area contributed by atoms with Gasteiger partial charge in [-0.05, 0) is 31.9 Å². The van der Waals surface area contributed by atoms with Gasteiger partial charge in [0.1, 0.15) is 11.3 Å². The molecular formula is C13H18O3. The lowest BCUT2D eigenvalue weighted by atomic mass is 10.0. The van der Waals surface area contributed by atoms with Gasteiger partial charge in [-0.2, -0.15) is 0 Å². The number of aryl methyl sites for hydroxylation is 1. The number of phenols is 1. The van der Waals surface area contributed by atoms with E-state index in [0.29, 0.717) is 0 Å². The molecule has 3 heteroatoms. The van der Waals surface area contributed by atoms with Crippen molar-refractivity contribution in [3.05, 3.63) is 29.3 Å². The summed E-state index contributed by atoms with van der Waals surface area (Å²) >= 11 is 0. The summed E-state index contributed by atoms with van der Waals surface area (Å²) in [5.41, 5.74) is 1.04. The Bertz CT molecular complexity index is 369. The third-order valence-electron chi connectivity index (χ3n) is 2.20. The normalized spacial score (nSPS) is 10.5. The number of ether oxygens (including phenoxy) is 1. The van der Waals surface area contributed by atoms with Gasteiger partial charge in [-0.15, -0.1) is 0 Å². The minimum atomic E-state index is -0.467. The lowest BCUT2D eigenvalue weighted by Gasteiger charge is -2.11. The molecule has 88 valence electrons. The monoisotopic (exact) mass is 222 g/mol. The Hall–Kier alpha value is -1.51. The number of phenolic OH excluding ortho intramolecular Hbond substituents is 1. The smallest absolute Gasteiger partial charge is 0.342 e. The van der Waals surface area contributed by atoms with Gasteiger partial charge in [0.15, 0.2) is 0 Å². The molecule has 0 amide bonds. The van der Waals surface area contributed by atoms with Crippen LogP contribution in [0.4, 0.5) is 0 Å². The fourth-order valence-corrected chi connectivity index (χ4v) is 1.50. The third-order valence-corrected chi connectivity index (χ3v) is 2.20.